The second kappa shape index (κ2) is 8.85. The minimum Gasteiger partial charge on any atom is -0.472 e. The first-order chi connectivity index (χ1) is 16.1. The molecule has 7 nitrogen and oxygen atoms in total. The van der Waals surface area contributed by atoms with E-state index < -0.39 is 35.1 Å². The Bertz CT molecular complexity index is 1360. The summed E-state index contributed by atoms with van der Waals surface area (Å²) in [7, 11) is 0. The van der Waals surface area contributed by atoms with Gasteiger partial charge in [-0.15, -0.1) is 0 Å². The van der Waals surface area contributed by atoms with Crippen LogP contribution in [0.1, 0.15) is 32.0 Å². The summed E-state index contributed by atoms with van der Waals surface area (Å²) in [5.74, 6) is -2.09. The van der Waals surface area contributed by atoms with Gasteiger partial charge in [-0.05, 0) is 43.3 Å². The van der Waals surface area contributed by atoms with Crippen molar-refractivity contribution in [2.75, 3.05) is 10.6 Å². The average Bonchev–Trinajstić information content (AvgIpc) is 3.45. The van der Waals surface area contributed by atoms with Gasteiger partial charge in [-0.3, -0.25) is 9.59 Å². The normalized spacial score (nSPS) is 11.3. The van der Waals surface area contributed by atoms with E-state index in [0.29, 0.717) is 6.07 Å². The number of hydrogen-bond acceptors (Lipinski definition) is 4. The molecule has 2 aromatic carbocycles. The predicted octanol–water partition coefficient (Wildman–Crippen LogP) is 5.44. The number of nitrogens with zero attached hydrogens (tertiary/aromatic N) is 2. The molecule has 0 atom stereocenters. The molecular formula is C23H16F4N4O3. The summed E-state index contributed by atoms with van der Waals surface area (Å²) in [6, 6.07) is 10.1. The van der Waals surface area contributed by atoms with Gasteiger partial charge in [0.25, 0.3) is 11.8 Å². The number of hydrogen-bond donors (Lipinski definition) is 2. The van der Waals surface area contributed by atoms with Crippen LogP contribution in [0.15, 0.2) is 71.7 Å². The van der Waals surface area contributed by atoms with Crippen molar-refractivity contribution in [1.29, 1.82) is 0 Å². The zero-order chi connectivity index (χ0) is 24.5. The van der Waals surface area contributed by atoms with Crippen LogP contribution in [-0.4, -0.2) is 21.6 Å². The van der Waals surface area contributed by atoms with Crippen molar-refractivity contribution in [3.05, 3.63) is 95.5 Å². The lowest BCUT2D eigenvalue weighted by Gasteiger charge is -2.16. The van der Waals surface area contributed by atoms with Crippen molar-refractivity contribution in [3.63, 3.8) is 0 Å². The molecular weight excluding hydrogens is 456 g/mol. The largest absolute Gasteiger partial charge is 0.472 e. The van der Waals surface area contributed by atoms with E-state index in [1.54, 1.807) is 6.07 Å². The fourth-order valence-corrected chi connectivity index (χ4v) is 3.25. The quantitative estimate of drug-likeness (QED) is 0.379. The van der Waals surface area contributed by atoms with Crippen LogP contribution in [0.5, 0.6) is 0 Å². The van der Waals surface area contributed by atoms with E-state index >= 15 is 0 Å². The first kappa shape index (κ1) is 22.8. The van der Waals surface area contributed by atoms with Gasteiger partial charge in [-0.25, -0.2) is 9.07 Å². The zero-order valence-electron chi connectivity index (χ0n) is 17.5. The summed E-state index contributed by atoms with van der Waals surface area (Å²) >= 11 is 0. The molecule has 4 aromatic rings. The van der Waals surface area contributed by atoms with Crippen LogP contribution < -0.4 is 10.6 Å². The van der Waals surface area contributed by atoms with Gasteiger partial charge < -0.3 is 15.1 Å². The summed E-state index contributed by atoms with van der Waals surface area (Å²) in [6.45, 7) is 1.49. The monoisotopic (exact) mass is 472 g/mol. The SMILES string of the molecule is Cc1c(C(=O)Nc2ccc(NC(=O)c3ccoc3)cc2C(F)(F)F)cnn1-c1ccccc1F. The molecule has 0 aliphatic carbocycles. The van der Waals surface area contributed by atoms with Crippen molar-refractivity contribution in [1.82, 2.24) is 9.78 Å². The minimum atomic E-state index is -4.83. The van der Waals surface area contributed by atoms with Crippen molar-refractivity contribution < 1.29 is 31.6 Å². The molecule has 2 heterocycles. The molecule has 4 rings (SSSR count). The van der Waals surface area contributed by atoms with Crippen molar-refractivity contribution in [2.45, 2.75) is 13.1 Å². The fourth-order valence-electron chi connectivity index (χ4n) is 3.25. The first-order valence-electron chi connectivity index (χ1n) is 9.81. The van der Waals surface area contributed by atoms with Crippen LogP contribution in [-0.2, 0) is 6.18 Å². The van der Waals surface area contributed by atoms with Gasteiger partial charge >= 0.3 is 6.18 Å². The summed E-state index contributed by atoms with van der Waals surface area (Å²) in [5, 5.41) is 8.56. The third-order valence-corrected chi connectivity index (χ3v) is 4.95. The van der Waals surface area contributed by atoms with Gasteiger partial charge in [0.15, 0.2) is 0 Å². The molecule has 174 valence electrons. The number of aromatic nitrogens is 2. The van der Waals surface area contributed by atoms with Crippen molar-refractivity contribution in [2.24, 2.45) is 0 Å². The number of carbonyl (C=O) groups excluding carboxylic acids is 2. The molecule has 2 N–H and O–H groups in total. The Kier molecular flexibility index (Phi) is 5.93. The highest BCUT2D eigenvalue weighted by Gasteiger charge is 2.35. The highest BCUT2D eigenvalue weighted by molar-refractivity contribution is 6.06. The molecule has 0 fully saturated rings. The molecule has 0 aliphatic heterocycles. The molecule has 0 saturated heterocycles. The fraction of sp³-hybridized carbons (Fsp3) is 0.0870. The van der Waals surface area contributed by atoms with Crippen LogP contribution in [0.25, 0.3) is 5.69 Å². The Balaban J connectivity index is 1.60. The summed E-state index contributed by atoms with van der Waals surface area (Å²) in [5.41, 5.74) is -1.38. The molecule has 34 heavy (non-hydrogen) atoms. The maximum Gasteiger partial charge on any atom is 0.418 e. The van der Waals surface area contributed by atoms with Crippen molar-refractivity contribution >= 4 is 23.2 Å². The van der Waals surface area contributed by atoms with E-state index in [-0.39, 0.29) is 28.2 Å². The van der Waals surface area contributed by atoms with E-state index in [0.717, 1.165) is 18.5 Å². The third-order valence-electron chi connectivity index (χ3n) is 4.95. The number of para-hydroxylation sites is 1. The topological polar surface area (TPSA) is 89.2 Å². The Labute approximate surface area is 190 Å². The zero-order valence-corrected chi connectivity index (χ0v) is 17.5. The smallest absolute Gasteiger partial charge is 0.418 e. The lowest BCUT2D eigenvalue weighted by atomic mass is 10.1. The number of carbonyl (C=O) groups is 2. The predicted molar refractivity (Wildman–Crippen MR) is 114 cm³/mol. The lowest BCUT2D eigenvalue weighted by molar-refractivity contribution is -0.136. The highest BCUT2D eigenvalue weighted by atomic mass is 19.4. The average molecular weight is 472 g/mol. The van der Waals surface area contributed by atoms with Gasteiger partial charge in [0.05, 0.1) is 40.5 Å². The van der Waals surface area contributed by atoms with E-state index in [1.807, 2.05) is 0 Å². The van der Waals surface area contributed by atoms with Gasteiger partial charge in [-0.1, -0.05) is 12.1 Å². The van der Waals surface area contributed by atoms with Crippen LogP contribution in [0.4, 0.5) is 28.9 Å². The molecule has 2 amide bonds. The van der Waals surface area contributed by atoms with Crippen molar-refractivity contribution in [3.8, 4) is 5.69 Å². The van der Waals surface area contributed by atoms with Crippen LogP contribution in [0.3, 0.4) is 0 Å². The van der Waals surface area contributed by atoms with Crippen LogP contribution >= 0.6 is 0 Å². The number of anilines is 2. The first-order valence-corrected chi connectivity index (χ1v) is 9.81. The lowest BCUT2D eigenvalue weighted by Crippen LogP contribution is -2.18. The van der Waals surface area contributed by atoms with Crippen LogP contribution in [0, 0.1) is 12.7 Å². The van der Waals surface area contributed by atoms with E-state index in [2.05, 4.69) is 15.7 Å². The van der Waals surface area contributed by atoms with Gasteiger partial charge in [0.1, 0.15) is 17.8 Å². The number of furan rings is 1. The number of nitrogens with one attached hydrogen (secondary N) is 2. The van der Waals surface area contributed by atoms with Gasteiger partial charge in [0, 0.05) is 5.69 Å². The van der Waals surface area contributed by atoms with Gasteiger partial charge in [-0.2, -0.15) is 18.3 Å². The molecule has 0 saturated carbocycles. The second-order valence-electron chi connectivity index (χ2n) is 7.19. The molecule has 0 bridgehead atoms. The van der Waals surface area contributed by atoms with E-state index in [1.165, 1.54) is 48.2 Å². The second-order valence-corrected chi connectivity index (χ2v) is 7.19. The Morgan fingerprint density at radius 1 is 1.03 bits per heavy atom. The molecule has 0 aliphatic rings. The maximum atomic E-state index is 14.1. The number of amides is 2. The number of rotatable bonds is 5. The number of alkyl halides is 3. The maximum absolute atomic E-state index is 14.1. The Hall–Kier alpha value is -4.41. The third kappa shape index (κ3) is 4.53. The van der Waals surface area contributed by atoms with E-state index in [4.69, 9.17) is 4.42 Å². The molecule has 11 heteroatoms. The standard InChI is InChI=1S/C23H16F4N4O3/c1-13-16(11-28-31(13)20-5-3-2-4-18(20)24)22(33)30-19-7-6-15(10-17(19)23(25,26)27)29-21(32)14-8-9-34-12-14/h2-12H,1H3,(H,29,32)(H,30,33). The minimum absolute atomic E-state index is 0.0336. The van der Waals surface area contributed by atoms with E-state index in [9.17, 15) is 27.2 Å². The number of benzene rings is 2. The molecule has 2 aromatic heterocycles. The highest BCUT2D eigenvalue weighted by Crippen LogP contribution is 2.37. The molecule has 0 spiro atoms. The number of halogens is 4. The van der Waals surface area contributed by atoms with Gasteiger partial charge in [0.2, 0.25) is 0 Å². The Morgan fingerprint density at radius 2 is 1.79 bits per heavy atom. The summed E-state index contributed by atoms with van der Waals surface area (Å²) in [4.78, 5) is 24.9. The summed E-state index contributed by atoms with van der Waals surface area (Å²) < 4.78 is 61.2. The van der Waals surface area contributed by atoms with Crippen LogP contribution in [0.2, 0.25) is 0 Å². The molecule has 0 unspecified atom stereocenters. The Morgan fingerprint density at radius 3 is 2.47 bits per heavy atom. The summed E-state index contributed by atoms with van der Waals surface area (Å²) in [6.07, 6.45) is -1.28. The molecule has 0 radical (unpaired) electrons.